The summed E-state index contributed by atoms with van der Waals surface area (Å²) in [6.45, 7) is 2.03. The van der Waals surface area contributed by atoms with Crippen LogP contribution in [0.25, 0.3) is 11.1 Å². The lowest BCUT2D eigenvalue weighted by atomic mass is 10.00. The lowest BCUT2D eigenvalue weighted by Gasteiger charge is -2.12. The highest BCUT2D eigenvalue weighted by atomic mass is 19.1. The van der Waals surface area contributed by atoms with Crippen LogP contribution < -0.4 is 5.32 Å². The molecule has 0 spiro atoms. The number of halogens is 2. The Kier molecular flexibility index (Phi) is 3.72. The third-order valence-corrected chi connectivity index (χ3v) is 3.02. The molecule has 1 unspecified atom stereocenters. The minimum atomic E-state index is -0.558. The van der Waals surface area contributed by atoms with E-state index in [-0.39, 0.29) is 6.04 Å². The molecule has 0 saturated heterocycles. The monoisotopic (exact) mass is 247 g/mol. The van der Waals surface area contributed by atoms with Crippen molar-refractivity contribution < 1.29 is 8.78 Å². The first-order valence-electron chi connectivity index (χ1n) is 5.84. The van der Waals surface area contributed by atoms with E-state index in [1.807, 2.05) is 38.2 Å². The zero-order valence-corrected chi connectivity index (χ0v) is 10.4. The van der Waals surface area contributed by atoms with Crippen LogP contribution in [-0.2, 0) is 0 Å². The molecule has 18 heavy (non-hydrogen) atoms. The molecule has 0 aromatic heterocycles. The van der Waals surface area contributed by atoms with Gasteiger partial charge in [-0.3, -0.25) is 0 Å². The molecule has 2 rings (SSSR count). The summed E-state index contributed by atoms with van der Waals surface area (Å²) in [7, 11) is 1.87. The molecule has 3 heteroatoms. The van der Waals surface area contributed by atoms with Gasteiger partial charge in [-0.2, -0.15) is 0 Å². The van der Waals surface area contributed by atoms with Gasteiger partial charge >= 0.3 is 0 Å². The van der Waals surface area contributed by atoms with Crippen molar-refractivity contribution in [3.63, 3.8) is 0 Å². The van der Waals surface area contributed by atoms with E-state index >= 15 is 0 Å². The van der Waals surface area contributed by atoms with Crippen LogP contribution in [0.5, 0.6) is 0 Å². The molecular weight excluding hydrogens is 232 g/mol. The third-order valence-electron chi connectivity index (χ3n) is 3.02. The Labute approximate surface area is 105 Å². The van der Waals surface area contributed by atoms with E-state index in [4.69, 9.17) is 0 Å². The maximum Gasteiger partial charge on any atom is 0.126 e. The first kappa shape index (κ1) is 12.7. The van der Waals surface area contributed by atoms with Crippen molar-refractivity contribution in [2.45, 2.75) is 13.0 Å². The van der Waals surface area contributed by atoms with Crippen LogP contribution in [-0.4, -0.2) is 7.05 Å². The van der Waals surface area contributed by atoms with E-state index < -0.39 is 11.6 Å². The summed E-state index contributed by atoms with van der Waals surface area (Å²) in [5.41, 5.74) is 2.45. The van der Waals surface area contributed by atoms with Crippen molar-refractivity contribution in [1.29, 1.82) is 0 Å². The highest BCUT2D eigenvalue weighted by Crippen LogP contribution is 2.24. The van der Waals surface area contributed by atoms with Crippen molar-refractivity contribution >= 4 is 0 Å². The highest BCUT2D eigenvalue weighted by Gasteiger charge is 2.06. The Morgan fingerprint density at radius 1 is 0.944 bits per heavy atom. The molecule has 2 aromatic carbocycles. The van der Waals surface area contributed by atoms with Crippen LogP contribution in [0.1, 0.15) is 18.5 Å². The predicted molar refractivity (Wildman–Crippen MR) is 69.3 cm³/mol. The van der Waals surface area contributed by atoms with Gasteiger partial charge in [0.05, 0.1) is 0 Å². The van der Waals surface area contributed by atoms with Crippen molar-refractivity contribution in [3.8, 4) is 11.1 Å². The van der Waals surface area contributed by atoms with Crippen molar-refractivity contribution in [3.05, 3.63) is 59.7 Å². The minimum Gasteiger partial charge on any atom is -0.313 e. The third kappa shape index (κ3) is 2.74. The molecule has 0 radical (unpaired) electrons. The fraction of sp³-hybridized carbons (Fsp3) is 0.200. The van der Waals surface area contributed by atoms with Gasteiger partial charge in [-0.05, 0) is 48.9 Å². The van der Waals surface area contributed by atoms with Gasteiger partial charge in [0.15, 0.2) is 0 Å². The molecule has 0 aliphatic rings. The average Bonchev–Trinajstić information content (AvgIpc) is 2.37. The molecule has 0 amide bonds. The van der Waals surface area contributed by atoms with Gasteiger partial charge in [0, 0.05) is 12.1 Å². The van der Waals surface area contributed by atoms with Gasteiger partial charge in [-0.25, -0.2) is 8.78 Å². The zero-order valence-electron chi connectivity index (χ0n) is 10.4. The molecule has 0 aliphatic carbocycles. The van der Waals surface area contributed by atoms with Crippen LogP contribution in [0.4, 0.5) is 8.78 Å². The number of hydrogen-bond donors (Lipinski definition) is 1. The predicted octanol–water partition coefficient (Wildman–Crippen LogP) is 3.91. The summed E-state index contributed by atoms with van der Waals surface area (Å²) in [6.07, 6.45) is 0. The van der Waals surface area contributed by atoms with Crippen LogP contribution >= 0.6 is 0 Å². The standard InChI is InChI=1S/C15H15F2N/c1-10(18-2)11-4-3-5-12(6-11)13-7-14(16)9-15(17)8-13/h3-10,18H,1-2H3. The lowest BCUT2D eigenvalue weighted by molar-refractivity contribution is 0.584. The van der Waals surface area contributed by atoms with Gasteiger partial charge in [0.2, 0.25) is 0 Å². The first-order chi connectivity index (χ1) is 8.60. The van der Waals surface area contributed by atoms with Crippen molar-refractivity contribution in [2.75, 3.05) is 7.05 Å². The second kappa shape index (κ2) is 5.27. The molecular formula is C15H15F2N. The zero-order chi connectivity index (χ0) is 13.1. The molecule has 0 saturated carbocycles. The lowest BCUT2D eigenvalue weighted by Crippen LogP contribution is -2.12. The number of hydrogen-bond acceptors (Lipinski definition) is 1. The fourth-order valence-electron chi connectivity index (χ4n) is 1.87. The molecule has 1 N–H and O–H groups in total. The number of benzene rings is 2. The van der Waals surface area contributed by atoms with Crippen molar-refractivity contribution in [1.82, 2.24) is 5.32 Å². The van der Waals surface area contributed by atoms with Gasteiger partial charge in [0.25, 0.3) is 0 Å². The van der Waals surface area contributed by atoms with Crippen molar-refractivity contribution in [2.24, 2.45) is 0 Å². The minimum absolute atomic E-state index is 0.198. The summed E-state index contributed by atoms with van der Waals surface area (Å²) >= 11 is 0. The Hall–Kier alpha value is -1.74. The quantitative estimate of drug-likeness (QED) is 0.867. The van der Waals surface area contributed by atoms with Crippen LogP contribution in [0.15, 0.2) is 42.5 Å². The maximum atomic E-state index is 13.2. The Morgan fingerprint density at radius 2 is 1.61 bits per heavy atom. The Bertz CT molecular complexity index is 532. The molecule has 0 fully saturated rings. The number of nitrogens with one attached hydrogen (secondary N) is 1. The van der Waals surface area contributed by atoms with E-state index in [0.29, 0.717) is 5.56 Å². The molecule has 0 bridgehead atoms. The van der Waals surface area contributed by atoms with Gasteiger partial charge < -0.3 is 5.32 Å². The van der Waals surface area contributed by atoms with E-state index in [1.54, 1.807) is 0 Å². The molecule has 0 heterocycles. The maximum absolute atomic E-state index is 13.2. The number of rotatable bonds is 3. The highest BCUT2D eigenvalue weighted by molar-refractivity contribution is 5.64. The fourth-order valence-corrected chi connectivity index (χ4v) is 1.87. The van der Waals surface area contributed by atoms with Gasteiger partial charge in [-0.1, -0.05) is 18.2 Å². The average molecular weight is 247 g/mol. The van der Waals surface area contributed by atoms with Gasteiger partial charge in [-0.15, -0.1) is 0 Å². The second-order valence-corrected chi connectivity index (χ2v) is 4.29. The summed E-state index contributed by atoms with van der Waals surface area (Å²) in [6, 6.07) is 11.4. The molecule has 0 aliphatic heterocycles. The van der Waals surface area contributed by atoms with Crippen LogP contribution in [0.2, 0.25) is 0 Å². The van der Waals surface area contributed by atoms with Gasteiger partial charge in [0.1, 0.15) is 11.6 Å². The summed E-state index contributed by atoms with van der Waals surface area (Å²) in [4.78, 5) is 0. The molecule has 2 aromatic rings. The van der Waals surface area contributed by atoms with E-state index in [0.717, 1.165) is 17.2 Å². The molecule has 1 nitrogen and oxygen atoms in total. The Morgan fingerprint density at radius 3 is 2.22 bits per heavy atom. The largest absolute Gasteiger partial charge is 0.313 e. The second-order valence-electron chi connectivity index (χ2n) is 4.29. The van der Waals surface area contributed by atoms with E-state index in [9.17, 15) is 8.78 Å². The first-order valence-corrected chi connectivity index (χ1v) is 5.84. The molecule has 94 valence electrons. The van der Waals surface area contributed by atoms with Crippen LogP contribution in [0.3, 0.4) is 0 Å². The SMILES string of the molecule is CNC(C)c1cccc(-c2cc(F)cc(F)c2)c1. The smallest absolute Gasteiger partial charge is 0.126 e. The van der Waals surface area contributed by atoms with Crippen LogP contribution in [0, 0.1) is 11.6 Å². The van der Waals surface area contributed by atoms with E-state index in [1.165, 1.54) is 12.1 Å². The van der Waals surface area contributed by atoms with E-state index in [2.05, 4.69) is 5.32 Å². The summed E-state index contributed by atoms with van der Waals surface area (Å²) < 4.78 is 26.4. The summed E-state index contributed by atoms with van der Waals surface area (Å²) in [5, 5.41) is 3.13. The summed E-state index contributed by atoms with van der Waals surface area (Å²) in [5.74, 6) is -1.12. The normalized spacial score (nSPS) is 12.4. The topological polar surface area (TPSA) is 12.0 Å². The Balaban J connectivity index is 2.44. The molecule has 1 atom stereocenters.